The first kappa shape index (κ1) is 16.5. The van der Waals surface area contributed by atoms with Crippen molar-refractivity contribution >= 4 is 17.8 Å². The molecular weight excluding hydrogens is 260 g/mol. The van der Waals surface area contributed by atoms with Crippen LogP contribution in [0.2, 0.25) is 0 Å². The topological polar surface area (TPSA) is 95.5 Å². The van der Waals surface area contributed by atoms with E-state index in [0.717, 1.165) is 25.7 Å². The van der Waals surface area contributed by atoms with Crippen LogP contribution in [0.25, 0.3) is 0 Å². The Hall–Kier alpha value is -1.59. The molecule has 0 aromatic rings. The molecule has 0 radical (unpaired) electrons. The first-order chi connectivity index (χ1) is 9.46. The van der Waals surface area contributed by atoms with Crippen molar-refractivity contribution in [3.63, 3.8) is 0 Å². The Bertz CT molecular complexity index is 360. The minimum absolute atomic E-state index is 0.176. The van der Waals surface area contributed by atoms with Crippen molar-refractivity contribution in [1.29, 1.82) is 0 Å². The van der Waals surface area contributed by atoms with Crippen LogP contribution in [0, 0.1) is 5.41 Å². The first-order valence-electron chi connectivity index (χ1n) is 7.21. The smallest absolute Gasteiger partial charge is 0.311 e. The number of carbonyl (C=O) groups excluding carboxylic acids is 2. The summed E-state index contributed by atoms with van der Waals surface area (Å²) >= 11 is 0. The summed E-state index contributed by atoms with van der Waals surface area (Å²) in [7, 11) is 0. The largest absolute Gasteiger partial charge is 0.481 e. The number of carboxylic acid groups (broad SMARTS) is 1. The van der Waals surface area contributed by atoms with Crippen molar-refractivity contribution in [3.8, 4) is 0 Å². The summed E-state index contributed by atoms with van der Waals surface area (Å²) in [5.74, 6) is -1.21. The van der Waals surface area contributed by atoms with E-state index in [1.807, 2.05) is 0 Å². The van der Waals surface area contributed by atoms with Gasteiger partial charge in [-0.3, -0.25) is 14.4 Å². The summed E-state index contributed by atoms with van der Waals surface area (Å²) in [5.41, 5.74) is -0.819. The van der Waals surface area contributed by atoms with E-state index in [-0.39, 0.29) is 31.3 Å². The zero-order valence-corrected chi connectivity index (χ0v) is 12.0. The van der Waals surface area contributed by atoms with Crippen LogP contribution in [-0.4, -0.2) is 36.0 Å². The Morgan fingerprint density at radius 2 is 1.65 bits per heavy atom. The van der Waals surface area contributed by atoms with Crippen molar-refractivity contribution in [2.75, 3.05) is 13.1 Å². The summed E-state index contributed by atoms with van der Waals surface area (Å²) < 4.78 is 0. The Labute approximate surface area is 119 Å². The highest BCUT2D eigenvalue weighted by molar-refractivity contribution is 5.80. The van der Waals surface area contributed by atoms with Crippen LogP contribution in [0.3, 0.4) is 0 Å². The zero-order valence-electron chi connectivity index (χ0n) is 12.0. The van der Waals surface area contributed by atoms with Gasteiger partial charge in [-0.05, 0) is 12.8 Å². The van der Waals surface area contributed by atoms with Gasteiger partial charge in [0.15, 0.2) is 0 Å². The van der Waals surface area contributed by atoms with Crippen molar-refractivity contribution < 1.29 is 19.5 Å². The van der Waals surface area contributed by atoms with E-state index in [0.29, 0.717) is 12.8 Å². The van der Waals surface area contributed by atoms with Gasteiger partial charge in [0.1, 0.15) is 0 Å². The van der Waals surface area contributed by atoms with Crippen LogP contribution >= 0.6 is 0 Å². The maximum atomic E-state index is 11.7. The lowest BCUT2D eigenvalue weighted by Crippen LogP contribution is -2.43. The molecule has 0 bridgehead atoms. The molecule has 20 heavy (non-hydrogen) atoms. The summed E-state index contributed by atoms with van der Waals surface area (Å²) in [6.45, 7) is 1.85. The minimum atomic E-state index is -0.819. The van der Waals surface area contributed by atoms with Crippen molar-refractivity contribution in [2.45, 2.75) is 51.9 Å². The predicted octanol–water partition coefficient (Wildman–Crippen LogP) is 1.05. The number of aliphatic carboxylic acids is 1. The normalized spacial score (nSPS) is 17.9. The molecule has 0 unspecified atom stereocenters. The van der Waals surface area contributed by atoms with E-state index in [9.17, 15) is 19.5 Å². The standard InChI is InChI=1S/C14H24N2O4/c1-11(17)15-9-6-12(18)16-10-14(13(19)20)7-4-2-3-5-8-14/h2-10H2,1H3,(H,15,17)(H,16,18)(H,19,20). The Morgan fingerprint density at radius 1 is 1.05 bits per heavy atom. The quantitative estimate of drug-likeness (QED) is 0.635. The van der Waals surface area contributed by atoms with Gasteiger partial charge in [0, 0.05) is 26.4 Å². The summed E-state index contributed by atoms with van der Waals surface area (Å²) in [4.78, 5) is 33.9. The van der Waals surface area contributed by atoms with Gasteiger partial charge >= 0.3 is 5.97 Å². The van der Waals surface area contributed by atoms with Crippen LogP contribution in [0.5, 0.6) is 0 Å². The molecule has 0 saturated heterocycles. The summed E-state index contributed by atoms with van der Waals surface area (Å²) in [6, 6.07) is 0. The predicted molar refractivity (Wildman–Crippen MR) is 74.1 cm³/mol. The second-order valence-corrected chi connectivity index (χ2v) is 5.51. The molecule has 1 saturated carbocycles. The summed E-state index contributed by atoms with van der Waals surface area (Å²) in [6.07, 6.45) is 5.33. The fraction of sp³-hybridized carbons (Fsp3) is 0.786. The second kappa shape index (κ2) is 7.87. The lowest BCUT2D eigenvalue weighted by Gasteiger charge is -2.28. The fourth-order valence-corrected chi connectivity index (χ4v) is 2.58. The molecule has 0 atom stereocenters. The van der Waals surface area contributed by atoms with Gasteiger partial charge in [-0.15, -0.1) is 0 Å². The van der Waals surface area contributed by atoms with Crippen molar-refractivity contribution in [3.05, 3.63) is 0 Å². The molecule has 0 heterocycles. The molecule has 1 rings (SSSR count). The number of nitrogens with one attached hydrogen (secondary N) is 2. The van der Waals surface area contributed by atoms with E-state index >= 15 is 0 Å². The minimum Gasteiger partial charge on any atom is -0.481 e. The van der Waals surface area contributed by atoms with Gasteiger partial charge in [-0.1, -0.05) is 25.7 Å². The van der Waals surface area contributed by atoms with Crippen LogP contribution in [0.4, 0.5) is 0 Å². The third-order valence-corrected chi connectivity index (χ3v) is 3.86. The van der Waals surface area contributed by atoms with Gasteiger partial charge in [-0.25, -0.2) is 0 Å². The van der Waals surface area contributed by atoms with Gasteiger partial charge in [0.05, 0.1) is 5.41 Å². The second-order valence-electron chi connectivity index (χ2n) is 5.51. The molecule has 6 heteroatoms. The number of rotatable bonds is 6. The van der Waals surface area contributed by atoms with Crippen LogP contribution in [0.15, 0.2) is 0 Å². The van der Waals surface area contributed by atoms with E-state index in [1.165, 1.54) is 6.92 Å². The monoisotopic (exact) mass is 284 g/mol. The molecule has 0 aromatic heterocycles. The van der Waals surface area contributed by atoms with Crippen molar-refractivity contribution in [1.82, 2.24) is 10.6 Å². The lowest BCUT2D eigenvalue weighted by molar-refractivity contribution is -0.149. The molecule has 1 fully saturated rings. The van der Waals surface area contributed by atoms with Gasteiger partial charge in [0.25, 0.3) is 0 Å². The average Bonchev–Trinajstić information content (AvgIpc) is 2.62. The molecule has 0 aliphatic heterocycles. The average molecular weight is 284 g/mol. The molecule has 114 valence electrons. The zero-order chi connectivity index (χ0) is 15.0. The Morgan fingerprint density at radius 3 is 2.15 bits per heavy atom. The number of carboxylic acids is 1. The maximum absolute atomic E-state index is 11.7. The highest BCUT2D eigenvalue weighted by Crippen LogP contribution is 2.34. The number of hydrogen-bond acceptors (Lipinski definition) is 3. The van der Waals surface area contributed by atoms with Crippen molar-refractivity contribution in [2.24, 2.45) is 5.41 Å². The molecule has 3 N–H and O–H groups in total. The molecule has 2 amide bonds. The highest BCUT2D eigenvalue weighted by atomic mass is 16.4. The Balaban J connectivity index is 2.44. The number of carbonyl (C=O) groups is 3. The van der Waals surface area contributed by atoms with Gasteiger partial charge in [0.2, 0.25) is 11.8 Å². The molecule has 6 nitrogen and oxygen atoms in total. The van der Waals surface area contributed by atoms with E-state index < -0.39 is 11.4 Å². The molecule has 1 aliphatic rings. The highest BCUT2D eigenvalue weighted by Gasteiger charge is 2.38. The number of hydrogen-bond donors (Lipinski definition) is 3. The van der Waals surface area contributed by atoms with E-state index in [1.54, 1.807) is 0 Å². The van der Waals surface area contributed by atoms with E-state index in [4.69, 9.17) is 0 Å². The third kappa shape index (κ3) is 5.19. The lowest BCUT2D eigenvalue weighted by atomic mass is 9.80. The molecule has 1 aliphatic carbocycles. The maximum Gasteiger partial charge on any atom is 0.311 e. The first-order valence-corrected chi connectivity index (χ1v) is 7.21. The van der Waals surface area contributed by atoms with Crippen LogP contribution in [-0.2, 0) is 14.4 Å². The molecule has 0 aromatic carbocycles. The SMILES string of the molecule is CC(=O)NCCC(=O)NCC1(C(=O)O)CCCCCC1. The van der Waals surface area contributed by atoms with E-state index in [2.05, 4.69) is 10.6 Å². The molecule has 0 spiro atoms. The summed E-state index contributed by atoms with van der Waals surface area (Å²) in [5, 5.41) is 14.7. The third-order valence-electron chi connectivity index (χ3n) is 3.86. The number of amides is 2. The van der Waals surface area contributed by atoms with Gasteiger partial charge in [-0.2, -0.15) is 0 Å². The fourth-order valence-electron chi connectivity index (χ4n) is 2.58. The van der Waals surface area contributed by atoms with Gasteiger partial charge < -0.3 is 15.7 Å². The Kier molecular flexibility index (Phi) is 6.48. The van der Waals surface area contributed by atoms with Crippen LogP contribution in [0.1, 0.15) is 51.9 Å². The van der Waals surface area contributed by atoms with Crippen LogP contribution < -0.4 is 10.6 Å². The molecular formula is C14H24N2O4.